The molecular weight excluding hydrogens is 354 g/mol. The first-order valence-electron chi connectivity index (χ1n) is 7.83. The topological polar surface area (TPSA) is 97.2 Å². The average Bonchev–Trinajstić information content (AvgIpc) is 2.90. The number of hydrogen-bond donors (Lipinski definition) is 1. The van der Waals surface area contributed by atoms with Crippen molar-refractivity contribution in [3.05, 3.63) is 36.7 Å². The van der Waals surface area contributed by atoms with Crippen LogP contribution < -0.4 is 5.32 Å². The molecule has 0 bridgehead atoms. The lowest BCUT2D eigenvalue weighted by molar-refractivity contribution is -0.114. The van der Waals surface area contributed by atoms with Crippen molar-refractivity contribution in [3.63, 3.8) is 0 Å². The van der Waals surface area contributed by atoms with Crippen LogP contribution >= 0.6 is 0 Å². The number of nitrogens with zero attached hydrogens (tertiary/aromatic N) is 4. The molecule has 8 nitrogen and oxygen atoms in total. The summed E-state index contributed by atoms with van der Waals surface area (Å²) in [5, 5.41) is 3.45. The molecule has 26 heavy (non-hydrogen) atoms. The van der Waals surface area contributed by atoms with E-state index in [4.69, 9.17) is 0 Å². The van der Waals surface area contributed by atoms with Crippen LogP contribution in [0.5, 0.6) is 0 Å². The molecule has 0 unspecified atom stereocenters. The maximum atomic E-state index is 12.4. The second-order valence-corrected chi connectivity index (χ2v) is 8.17. The zero-order chi connectivity index (χ0) is 19.1. The number of aromatic nitrogens is 3. The Morgan fingerprint density at radius 2 is 2.00 bits per heavy atom. The van der Waals surface area contributed by atoms with Crippen LogP contribution in [0.3, 0.4) is 0 Å². The fraction of sp³-hybridized carbons (Fsp3) is 0.235. The molecule has 0 saturated carbocycles. The van der Waals surface area contributed by atoms with Crippen molar-refractivity contribution in [2.75, 3.05) is 19.4 Å². The first kappa shape index (κ1) is 18.0. The van der Waals surface area contributed by atoms with E-state index in [2.05, 4.69) is 15.3 Å². The Morgan fingerprint density at radius 1 is 1.27 bits per heavy atom. The number of pyridine rings is 2. The standard InChI is InChI=1S/C17H19N5O3S/c1-11(23)19-16-8-12-13(10-22(4)15(12)9-18-16)14-6-5-7-17(20-14)26(24,25)21(2)3/h5-10H,1-4H3,(H,18,19,23). The number of anilines is 1. The number of sulfonamides is 1. The van der Waals surface area contributed by atoms with E-state index in [-0.39, 0.29) is 10.9 Å². The van der Waals surface area contributed by atoms with E-state index in [9.17, 15) is 13.2 Å². The van der Waals surface area contributed by atoms with Crippen molar-refractivity contribution < 1.29 is 13.2 Å². The summed E-state index contributed by atoms with van der Waals surface area (Å²) in [4.78, 5) is 19.8. The van der Waals surface area contributed by atoms with Crippen LogP contribution in [0.4, 0.5) is 5.82 Å². The highest BCUT2D eigenvalue weighted by Gasteiger charge is 2.20. The van der Waals surface area contributed by atoms with Crippen molar-refractivity contribution in [1.82, 2.24) is 18.8 Å². The number of aryl methyl sites for hydroxylation is 1. The summed E-state index contributed by atoms with van der Waals surface area (Å²) in [5.41, 5.74) is 2.13. The van der Waals surface area contributed by atoms with Gasteiger partial charge in [-0.25, -0.2) is 22.7 Å². The lowest BCUT2D eigenvalue weighted by atomic mass is 10.1. The zero-order valence-electron chi connectivity index (χ0n) is 14.9. The molecule has 0 spiro atoms. The van der Waals surface area contributed by atoms with Crippen molar-refractivity contribution >= 4 is 32.7 Å². The minimum atomic E-state index is -3.63. The van der Waals surface area contributed by atoms with Crippen molar-refractivity contribution in [2.45, 2.75) is 11.9 Å². The third-order valence-electron chi connectivity index (χ3n) is 3.92. The predicted octanol–water partition coefficient (Wildman–Crippen LogP) is 1.84. The molecule has 0 aliphatic carbocycles. The Labute approximate surface area is 151 Å². The molecule has 0 saturated heterocycles. The van der Waals surface area contributed by atoms with Crippen LogP contribution in [-0.4, -0.2) is 47.3 Å². The largest absolute Gasteiger partial charge is 0.349 e. The van der Waals surface area contributed by atoms with Gasteiger partial charge in [0.15, 0.2) is 5.03 Å². The van der Waals surface area contributed by atoms with Gasteiger partial charge in [0.1, 0.15) is 5.82 Å². The summed E-state index contributed by atoms with van der Waals surface area (Å²) < 4.78 is 27.7. The van der Waals surface area contributed by atoms with Gasteiger partial charge >= 0.3 is 0 Å². The van der Waals surface area contributed by atoms with E-state index in [0.29, 0.717) is 11.5 Å². The molecule has 0 aromatic carbocycles. The maximum absolute atomic E-state index is 12.4. The number of carbonyl (C=O) groups excluding carboxylic acids is 1. The van der Waals surface area contributed by atoms with E-state index in [1.54, 1.807) is 24.4 Å². The number of carbonyl (C=O) groups is 1. The van der Waals surface area contributed by atoms with Gasteiger partial charge in [0.05, 0.1) is 17.4 Å². The van der Waals surface area contributed by atoms with Gasteiger partial charge in [0.2, 0.25) is 5.91 Å². The summed E-state index contributed by atoms with van der Waals surface area (Å²) in [6.07, 6.45) is 3.52. The molecule has 9 heteroatoms. The molecule has 1 N–H and O–H groups in total. The molecule has 0 aliphatic heterocycles. The molecule has 3 aromatic rings. The normalized spacial score (nSPS) is 11.9. The lowest BCUT2D eigenvalue weighted by Crippen LogP contribution is -2.23. The van der Waals surface area contributed by atoms with E-state index in [0.717, 1.165) is 20.8 Å². The van der Waals surface area contributed by atoms with Gasteiger partial charge in [-0.1, -0.05) is 6.07 Å². The summed E-state index contributed by atoms with van der Waals surface area (Å²) in [5.74, 6) is 0.209. The second-order valence-electron chi connectivity index (χ2n) is 6.07. The van der Waals surface area contributed by atoms with Gasteiger partial charge in [0.25, 0.3) is 10.0 Å². The Balaban J connectivity index is 2.18. The maximum Gasteiger partial charge on any atom is 0.260 e. The average molecular weight is 373 g/mol. The molecule has 1 amide bonds. The van der Waals surface area contributed by atoms with Crippen molar-refractivity contribution in [2.24, 2.45) is 7.05 Å². The van der Waals surface area contributed by atoms with Gasteiger partial charge in [-0.3, -0.25) is 4.79 Å². The SMILES string of the molecule is CC(=O)Nc1cc2c(-c3cccc(S(=O)(=O)N(C)C)n3)cn(C)c2cn1. The van der Waals surface area contributed by atoms with E-state index >= 15 is 0 Å². The minimum Gasteiger partial charge on any atom is -0.349 e. The fourth-order valence-electron chi connectivity index (χ4n) is 2.63. The van der Waals surface area contributed by atoms with Crippen LogP contribution in [0.1, 0.15) is 6.92 Å². The molecular formula is C17H19N5O3S. The molecule has 0 aliphatic rings. The number of nitrogens with one attached hydrogen (secondary N) is 1. The summed E-state index contributed by atoms with van der Waals surface area (Å²) in [6.45, 7) is 1.41. The molecule has 136 valence electrons. The highest BCUT2D eigenvalue weighted by Crippen LogP contribution is 2.30. The summed E-state index contributed by atoms with van der Waals surface area (Å²) >= 11 is 0. The van der Waals surface area contributed by atoms with Crippen LogP contribution in [0.2, 0.25) is 0 Å². The smallest absolute Gasteiger partial charge is 0.260 e. The van der Waals surface area contributed by atoms with Gasteiger partial charge in [-0.05, 0) is 18.2 Å². The van der Waals surface area contributed by atoms with E-state index < -0.39 is 10.0 Å². The number of hydrogen-bond acceptors (Lipinski definition) is 5. The molecule has 0 fully saturated rings. The third kappa shape index (κ3) is 3.18. The summed E-state index contributed by atoms with van der Waals surface area (Å²) in [7, 11) is 1.17. The van der Waals surface area contributed by atoms with Gasteiger partial charge < -0.3 is 9.88 Å². The highest BCUT2D eigenvalue weighted by atomic mass is 32.2. The van der Waals surface area contributed by atoms with Gasteiger partial charge in [-0.2, -0.15) is 0 Å². The van der Waals surface area contributed by atoms with Crippen LogP contribution in [-0.2, 0) is 21.9 Å². The first-order chi connectivity index (χ1) is 12.2. The Kier molecular flexibility index (Phi) is 4.51. The molecule has 3 heterocycles. The minimum absolute atomic E-state index is 0.0202. The molecule has 3 rings (SSSR count). The fourth-order valence-corrected chi connectivity index (χ4v) is 3.46. The summed E-state index contributed by atoms with van der Waals surface area (Å²) in [6, 6.07) is 6.63. The Bertz CT molecular complexity index is 1100. The number of fused-ring (bicyclic) bond motifs is 1. The predicted molar refractivity (Wildman–Crippen MR) is 99.1 cm³/mol. The van der Waals surface area contributed by atoms with E-state index in [1.165, 1.54) is 27.1 Å². The van der Waals surface area contributed by atoms with E-state index in [1.807, 2.05) is 17.8 Å². The Hall–Kier alpha value is -2.78. The highest BCUT2D eigenvalue weighted by molar-refractivity contribution is 7.89. The third-order valence-corrected chi connectivity index (χ3v) is 5.64. The zero-order valence-corrected chi connectivity index (χ0v) is 15.7. The van der Waals surface area contributed by atoms with Gasteiger partial charge in [0, 0.05) is 45.2 Å². The van der Waals surface area contributed by atoms with Crippen LogP contribution in [0.25, 0.3) is 22.2 Å². The van der Waals surface area contributed by atoms with Gasteiger partial charge in [-0.15, -0.1) is 0 Å². The molecule has 0 radical (unpaired) electrons. The van der Waals surface area contributed by atoms with Crippen molar-refractivity contribution in [1.29, 1.82) is 0 Å². The monoisotopic (exact) mass is 373 g/mol. The number of rotatable bonds is 4. The quantitative estimate of drug-likeness (QED) is 0.753. The number of amides is 1. The first-order valence-corrected chi connectivity index (χ1v) is 9.27. The second kappa shape index (κ2) is 6.50. The van der Waals surface area contributed by atoms with Crippen LogP contribution in [0, 0.1) is 0 Å². The lowest BCUT2D eigenvalue weighted by Gasteiger charge is -2.11. The molecule has 3 aromatic heterocycles. The molecule has 0 atom stereocenters. The van der Waals surface area contributed by atoms with Crippen molar-refractivity contribution in [3.8, 4) is 11.3 Å². The Morgan fingerprint density at radius 3 is 2.65 bits per heavy atom. The van der Waals surface area contributed by atoms with Crippen LogP contribution in [0.15, 0.2) is 41.7 Å².